The van der Waals surface area contributed by atoms with Crippen LogP contribution in [0.2, 0.25) is 0 Å². The molecule has 2 aliphatic rings. The highest BCUT2D eigenvalue weighted by Gasteiger charge is 2.40. The molecule has 4 unspecified atom stereocenters. The molecule has 3 rings (SSSR count). The van der Waals surface area contributed by atoms with Gasteiger partial charge < -0.3 is 5.32 Å². The van der Waals surface area contributed by atoms with Crippen LogP contribution in [0, 0.1) is 24.7 Å². The fourth-order valence-electron chi connectivity index (χ4n) is 4.02. The van der Waals surface area contributed by atoms with Crippen molar-refractivity contribution in [2.75, 3.05) is 7.05 Å². The van der Waals surface area contributed by atoms with Crippen molar-refractivity contribution in [1.29, 1.82) is 0 Å². The van der Waals surface area contributed by atoms with Crippen LogP contribution in [0.4, 0.5) is 0 Å². The van der Waals surface area contributed by atoms with Gasteiger partial charge in [0.05, 0.1) is 5.69 Å². The maximum Gasteiger partial charge on any atom is 0.125 e. The molecule has 4 atom stereocenters. The van der Waals surface area contributed by atoms with Gasteiger partial charge in [-0.3, -0.25) is 0 Å². The molecule has 3 heteroatoms. The normalized spacial score (nSPS) is 31.8. The zero-order valence-electron chi connectivity index (χ0n) is 11.4. The summed E-state index contributed by atoms with van der Waals surface area (Å²) in [6.07, 6.45) is 9.01. The van der Waals surface area contributed by atoms with Gasteiger partial charge in [-0.25, -0.2) is 9.97 Å². The number of fused-ring (bicyclic) bond motifs is 2. The van der Waals surface area contributed by atoms with Crippen molar-refractivity contribution in [2.24, 2.45) is 17.8 Å². The average Bonchev–Trinajstić information content (AvgIpc) is 2.98. The first-order valence-corrected chi connectivity index (χ1v) is 7.23. The van der Waals surface area contributed by atoms with Crippen LogP contribution >= 0.6 is 0 Å². The van der Waals surface area contributed by atoms with Gasteiger partial charge in [-0.15, -0.1) is 0 Å². The van der Waals surface area contributed by atoms with Gasteiger partial charge in [0, 0.05) is 12.2 Å². The molecular weight excluding hydrogens is 222 g/mol. The van der Waals surface area contributed by atoms with Crippen molar-refractivity contribution in [3.05, 3.63) is 23.8 Å². The fourth-order valence-corrected chi connectivity index (χ4v) is 4.02. The van der Waals surface area contributed by atoms with E-state index in [0.717, 1.165) is 29.3 Å². The highest BCUT2D eigenvalue weighted by molar-refractivity contribution is 5.08. The van der Waals surface area contributed by atoms with Crippen molar-refractivity contribution < 1.29 is 0 Å². The molecule has 0 spiro atoms. The molecule has 18 heavy (non-hydrogen) atoms. The van der Waals surface area contributed by atoms with Gasteiger partial charge >= 0.3 is 0 Å². The smallest absolute Gasteiger partial charge is 0.125 e. The molecule has 0 aromatic carbocycles. The highest BCUT2D eigenvalue weighted by atomic mass is 14.9. The number of aromatic nitrogens is 2. The van der Waals surface area contributed by atoms with E-state index in [0.29, 0.717) is 6.04 Å². The molecule has 0 aliphatic heterocycles. The Morgan fingerprint density at radius 1 is 1.39 bits per heavy atom. The molecule has 1 heterocycles. The van der Waals surface area contributed by atoms with Crippen LogP contribution in [0.5, 0.6) is 0 Å². The third-order valence-electron chi connectivity index (χ3n) is 4.93. The summed E-state index contributed by atoms with van der Waals surface area (Å²) in [5, 5.41) is 3.44. The van der Waals surface area contributed by atoms with Gasteiger partial charge in [0.2, 0.25) is 0 Å². The van der Waals surface area contributed by atoms with Gasteiger partial charge in [0.1, 0.15) is 5.82 Å². The van der Waals surface area contributed by atoms with Crippen molar-refractivity contribution in [3.63, 3.8) is 0 Å². The molecule has 1 N–H and O–H groups in total. The summed E-state index contributed by atoms with van der Waals surface area (Å²) in [5.41, 5.74) is 1.16. The lowest BCUT2D eigenvalue weighted by Gasteiger charge is -2.26. The minimum atomic E-state index is 0.399. The predicted molar refractivity (Wildman–Crippen MR) is 72.1 cm³/mol. The molecule has 3 nitrogen and oxygen atoms in total. The lowest BCUT2D eigenvalue weighted by Crippen LogP contribution is -2.23. The van der Waals surface area contributed by atoms with E-state index in [2.05, 4.69) is 28.4 Å². The van der Waals surface area contributed by atoms with Crippen molar-refractivity contribution in [3.8, 4) is 0 Å². The number of aryl methyl sites for hydroxylation is 1. The lowest BCUT2D eigenvalue weighted by atomic mass is 9.83. The van der Waals surface area contributed by atoms with Crippen molar-refractivity contribution in [2.45, 2.75) is 45.1 Å². The monoisotopic (exact) mass is 245 g/mol. The van der Waals surface area contributed by atoms with E-state index in [1.807, 2.05) is 13.1 Å². The Kier molecular flexibility index (Phi) is 3.33. The molecule has 2 saturated carbocycles. The van der Waals surface area contributed by atoms with Crippen LogP contribution in [-0.4, -0.2) is 17.0 Å². The van der Waals surface area contributed by atoms with Gasteiger partial charge in [0.25, 0.3) is 0 Å². The molecule has 98 valence electrons. The largest absolute Gasteiger partial charge is 0.312 e. The highest BCUT2D eigenvalue weighted by Crippen LogP contribution is 2.50. The number of hydrogen-bond donors (Lipinski definition) is 1. The molecule has 2 aliphatic carbocycles. The zero-order chi connectivity index (χ0) is 12.5. The first kappa shape index (κ1) is 12.1. The minimum Gasteiger partial charge on any atom is -0.312 e. The summed E-state index contributed by atoms with van der Waals surface area (Å²) >= 11 is 0. The summed E-state index contributed by atoms with van der Waals surface area (Å²) in [6.45, 7) is 1.97. The third-order valence-corrected chi connectivity index (χ3v) is 4.93. The molecule has 1 aromatic rings. The van der Waals surface area contributed by atoms with Crippen LogP contribution in [0.1, 0.15) is 49.7 Å². The average molecular weight is 245 g/mol. The molecule has 1 aromatic heterocycles. The second kappa shape index (κ2) is 4.96. The van der Waals surface area contributed by atoms with E-state index in [1.165, 1.54) is 32.1 Å². The Labute approximate surface area is 109 Å². The summed E-state index contributed by atoms with van der Waals surface area (Å²) in [4.78, 5) is 8.76. The Morgan fingerprint density at radius 3 is 2.89 bits per heavy atom. The predicted octanol–water partition coefficient (Wildman–Crippen LogP) is 2.87. The number of nitrogens with zero attached hydrogens (tertiary/aromatic N) is 2. The zero-order valence-corrected chi connectivity index (χ0v) is 11.4. The summed E-state index contributed by atoms with van der Waals surface area (Å²) in [7, 11) is 2.05. The van der Waals surface area contributed by atoms with Gasteiger partial charge in [0.15, 0.2) is 0 Å². The summed E-state index contributed by atoms with van der Waals surface area (Å²) < 4.78 is 0. The quantitative estimate of drug-likeness (QED) is 0.886. The summed E-state index contributed by atoms with van der Waals surface area (Å²) in [5.74, 6) is 3.82. The molecule has 0 amide bonds. The standard InChI is InChI=1S/C15H23N3/c1-10-17-6-5-14(18-10)15(16-2)9-13-8-11-3-4-12(13)7-11/h5-6,11-13,15-16H,3-4,7-9H2,1-2H3. The molecule has 0 radical (unpaired) electrons. The molecule has 2 bridgehead atoms. The van der Waals surface area contributed by atoms with E-state index >= 15 is 0 Å². The van der Waals surface area contributed by atoms with Crippen LogP contribution in [0.15, 0.2) is 12.3 Å². The second-order valence-corrected chi connectivity index (χ2v) is 6.04. The van der Waals surface area contributed by atoms with Crippen LogP contribution in [0.25, 0.3) is 0 Å². The first-order chi connectivity index (χ1) is 8.76. The van der Waals surface area contributed by atoms with Crippen LogP contribution in [0.3, 0.4) is 0 Å². The van der Waals surface area contributed by atoms with Crippen LogP contribution < -0.4 is 5.32 Å². The second-order valence-electron chi connectivity index (χ2n) is 6.04. The number of hydrogen-bond acceptors (Lipinski definition) is 3. The molecule has 0 saturated heterocycles. The lowest BCUT2D eigenvalue weighted by molar-refractivity contribution is 0.282. The van der Waals surface area contributed by atoms with Crippen molar-refractivity contribution in [1.82, 2.24) is 15.3 Å². The van der Waals surface area contributed by atoms with Crippen LogP contribution in [-0.2, 0) is 0 Å². The van der Waals surface area contributed by atoms with E-state index in [1.54, 1.807) is 0 Å². The Hall–Kier alpha value is -0.960. The van der Waals surface area contributed by atoms with E-state index < -0.39 is 0 Å². The maximum absolute atomic E-state index is 4.57. The first-order valence-electron chi connectivity index (χ1n) is 7.23. The van der Waals surface area contributed by atoms with E-state index in [9.17, 15) is 0 Å². The number of nitrogens with one attached hydrogen (secondary N) is 1. The Bertz CT molecular complexity index is 418. The third kappa shape index (κ3) is 2.28. The van der Waals surface area contributed by atoms with Gasteiger partial charge in [-0.1, -0.05) is 6.42 Å². The fraction of sp³-hybridized carbons (Fsp3) is 0.733. The SMILES string of the molecule is CNC(CC1CC2CCC1C2)c1ccnc(C)n1. The van der Waals surface area contributed by atoms with Gasteiger partial charge in [-0.05, 0) is 63.5 Å². The topological polar surface area (TPSA) is 37.8 Å². The maximum atomic E-state index is 4.57. The summed E-state index contributed by atoms with van der Waals surface area (Å²) in [6, 6.07) is 2.46. The molecule has 2 fully saturated rings. The Morgan fingerprint density at radius 2 is 2.28 bits per heavy atom. The Balaban J connectivity index is 1.69. The van der Waals surface area contributed by atoms with E-state index in [-0.39, 0.29) is 0 Å². The van der Waals surface area contributed by atoms with E-state index in [4.69, 9.17) is 0 Å². The minimum absolute atomic E-state index is 0.399. The number of rotatable bonds is 4. The van der Waals surface area contributed by atoms with Crippen molar-refractivity contribution >= 4 is 0 Å². The van der Waals surface area contributed by atoms with Gasteiger partial charge in [-0.2, -0.15) is 0 Å². The molecular formula is C15H23N3.